The van der Waals surface area contributed by atoms with E-state index in [4.69, 9.17) is 34.8 Å². The lowest BCUT2D eigenvalue weighted by atomic mass is 10.1. The first-order valence-corrected chi connectivity index (χ1v) is 8.78. The summed E-state index contributed by atoms with van der Waals surface area (Å²) in [5.41, 5.74) is 4.16. The Bertz CT molecular complexity index is 836. The lowest BCUT2D eigenvalue weighted by molar-refractivity contribution is -0.120. The molecule has 0 fully saturated rings. The van der Waals surface area contributed by atoms with Crippen molar-refractivity contribution in [2.75, 3.05) is 5.32 Å². The summed E-state index contributed by atoms with van der Waals surface area (Å²) in [4.78, 5) is 23.9. The Labute approximate surface area is 166 Å². The van der Waals surface area contributed by atoms with Gasteiger partial charge in [-0.15, -0.1) is 0 Å². The molecule has 2 amide bonds. The Morgan fingerprint density at radius 1 is 0.962 bits per heavy atom. The maximum absolute atomic E-state index is 12.0. The van der Waals surface area contributed by atoms with Gasteiger partial charge in [0.25, 0.3) is 0 Å². The van der Waals surface area contributed by atoms with Crippen LogP contribution in [0, 0.1) is 0 Å². The highest BCUT2D eigenvalue weighted by molar-refractivity contribution is 6.36. The van der Waals surface area contributed by atoms with Crippen LogP contribution in [0.2, 0.25) is 15.1 Å². The SMILES string of the molecule is CC(CC(=O)Nc1ccc(Cl)cc1Cl)=NNC(=O)Cc1ccc(Cl)cc1. The van der Waals surface area contributed by atoms with Crippen LogP contribution in [0.1, 0.15) is 18.9 Å². The van der Waals surface area contributed by atoms with E-state index in [1.54, 1.807) is 43.3 Å². The number of nitrogens with one attached hydrogen (secondary N) is 2. The molecule has 2 rings (SSSR count). The number of benzene rings is 2. The van der Waals surface area contributed by atoms with E-state index in [0.29, 0.717) is 26.5 Å². The molecular formula is C18H16Cl3N3O2. The number of carbonyl (C=O) groups excluding carboxylic acids is 2. The molecule has 0 saturated carbocycles. The molecule has 0 heterocycles. The fourth-order valence-corrected chi connectivity index (χ4v) is 2.62. The van der Waals surface area contributed by atoms with Crippen LogP contribution >= 0.6 is 34.8 Å². The molecule has 136 valence electrons. The highest BCUT2D eigenvalue weighted by Crippen LogP contribution is 2.25. The van der Waals surface area contributed by atoms with Crippen LogP contribution in [0.5, 0.6) is 0 Å². The maximum atomic E-state index is 12.0. The molecule has 0 saturated heterocycles. The number of hydrazone groups is 1. The molecule has 0 spiro atoms. The average molecular weight is 413 g/mol. The number of anilines is 1. The Hall–Kier alpha value is -2.08. The molecule has 0 aliphatic carbocycles. The number of hydrogen-bond acceptors (Lipinski definition) is 3. The number of nitrogens with zero attached hydrogens (tertiary/aromatic N) is 1. The fraction of sp³-hybridized carbons (Fsp3) is 0.167. The van der Waals surface area contributed by atoms with Gasteiger partial charge in [0.15, 0.2) is 0 Å². The van der Waals surface area contributed by atoms with Crippen LogP contribution in [-0.2, 0) is 16.0 Å². The minimum Gasteiger partial charge on any atom is -0.324 e. The van der Waals surface area contributed by atoms with Crippen molar-refractivity contribution in [3.05, 3.63) is 63.1 Å². The van der Waals surface area contributed by atoms with E-state index in [2.05, 4.69) is 15.8 Å². The Morgan fingerprint density at radius 3 is 2.27 bits per heavy atom. The van der Waals surface area contributed by atoms with Gasteiger partial charge in [0, 0.05) is 15.8 Å². The number of amides is 2. The summed E-state index contributed by atoms with van der Waals surface area (Å²) in [7, 11) is 0. The first kappa shape index (κ1) is 20.2. The summed E-state index contributed by atoms with van der Waals surface area (Å²) in [5.74, 6) is -0.588. The smallest absolute Gasteiger partial charge is 0.244 e. The first-order valence-electron chi connectivity index (χ1n) is 7.65. The second kappa shape index (κ2) is 9.57. The van der Waals surface area contributed by atoms with Gasteiger partial charge in [-0.2, -0.15) is 5.10 Å². The molecule has 5 nitrogen and oxygen atoms in total. The summed E-state index contributed by atoms with van der Waals surface area (Å²) in [6.07, 6.45) is 0.181. The zero-order valence-corrected chi connectivity index (χ0v) is 16.1. The third-order valence-electron chi connectivity index (χ3n) is 3.27. The maximum Gasteiger partial charge on any atom is 0.244 e. The minimum atomic E-state index is -0.303. The van der Waals surface area contributed by atoms with Crippen LogP contribution in [0.4, 0.5) is 5.69 Å². The zero-order chi connectivity index (χ0) is 19.1. The Balaban J connectivity index is 1.83. The summed E-state index contributed by atoms with van der Waals surface area (Å²) in [6, 6.07) is 11.7. The van der Waals surface area contributed by atoms with Gasteiger partial charge in [0.2, 0.25) is 11.8 Å². The fourth-order valence-electron chi connectivity index (χ4n) is 2.04. The quantitative estimate of drug-likeness (QED) is 0.533. The van der Waals surface area contributed by atoms with Gasteiger partial charge in [-0.3, -0.25) is 9.59 Å². The van der Waals surface area contributed by atoms with Gasteiger partial charge >= 0.3 is 0 Å². The Kier molecular flexibility index (Phi) is 7.45. The van der Waals surface area contributed by atoms with Gasteiger partial charge in [0.05, 0.1) is 23.6 Å². The summed E-state index contributed by atoms with van der Waals surface area (Å²) >= 11 is 17.6. The molecule has 2 aromatic rings. The molecule has 0 radical (unpaired) electrons. The van der Waals surface area contributed by atoms with E-state index in [-0.39, 0.29) is 24.7 Å². The third-order valence-corrected chi connectivity index (χ3v) is 4.07. The molecule has 0 bridgehead atoms. The van der Waals surface area contributed by atoms with E-state index in [1.807, 2.05) is 0 Å². The molecule has 0 aromatic heterocycles. The van der Waals surface area contributed by atoms with Crippen molar-refractivity contribution in [1.82, 2.24) is 5.43 Å². The monoisotopic (exact) mass is 411 g/mol. The van der Waals surface area contributed by atoms with Gasteiger partial charge < -0.3 is 5.32 Å². The van der Waals surface area contributed by atoms with Gasteiger partial charge in [-0.1, -0.05) is 46.9 Å². The van der Waals surface area contributed by atoms with Crippen molar-refractivity contribution in [2.24, 2.45) is 5.10 Å². The van der Waals surface area contributed by atoms with Crippen molar-refractivity contribution in [1.29, 1.82) is 0 Å². The van der Waals surface area contributed by atoms with E-state index >= 15 is 0 Å². The molecule has 26 heavy (non-hydrogen) atoms. The predicted molar refractivity (Wildman–Crippen MR) is 106 cm³/mol. The summed E-state index contributed by atoms with van der Waals surface area (Å²) < 4.78 is 0. The highest BCUT2D eigenvalue weighted by atomic mass is 35.5. The van der Waals surface area contributed by atoms with Crippen molar-refractivity contribution >= 4 is 58.0 Å². The van der Waals surface area contributed by atoms with Crippen molar-refractivity contribution in [3.8, 4) is 0 Å². The molecule has 0 aliphatic rings. The largest absolute Gasteiger partial charge is 0.324 e. The van der Waals surface area contributed by atoms with E-state index in [0.717, 1.165) is 5.56 Å². The molecule has 2 aromatic carbocycles. The summed E-state index contributed by atoms with van der Waals surface area (Å²) in [6.45, 7) is 1.64. The van der Waals surface area contributed by atoms with E-state index < -0.39 is 0 Å². The van der Waals surface area contributed by atoms with Gasteiger partial charge in [-0.05, 0) is 42.8 Å². The number of carbonyl (C=O) groups is 2. The predicted octanol–water partition coefficient (Wildman–Crippen LogP) is 4.71. The lowest BCUT2D eigenvalue weighted by Gasteiger charge is -2.07. The molecule has 0 unspecified atom stereocenters. The van der Waals surface area contributed by atoms with E-state index in [9.17, 15) is 9.59 Å². The van der Waals surface area contributed by atoms with Crippen LogP contribution < -0.4 is 10.7 Å². The molecule has 0 aliphatic heterocycles. The molecule has 2 N–H and O–H groups in total. The molecule has 8 heteroatoms. The number of hydrogen-bond donors (Lipinski definition) is 2. The van der Waals surface area contributed by atoms with Gasteiger partial charge in [0.1, 0.15) is 0 Å². The molecule has 0 atom stereocenters. The Morgan fingerprint density at radius 2 is 1.62 bits per heavy atom. The van der Waals surface area contributed by atoms with Crippen molar-refractivity contribution < 1.29 is 9.59 Å². The van der Waals surface area contributed by atoms with Crippen LogP contribution in [0.3, 0.4) is 0 Å². The lowest BCUT2D eigenvalue weighted by Crippen LogP contribution is -2.22. The average Bonchev–Trinajstić information content (AvgIpc) is 2.58. The molecular weight excluding hydrogens is 397 g/mol. The van der Waals surface area contributed by atoms with Crippen LogP contribution in [0.15, 0.2) is 47.6 Å². The zero-order valence-electron chi connectivity index (χ0n) is 13.9. The highest BCUT2D eigenvalue weighted by Gasteiger charge is 2.09. The second-order valence-electron chi connectivity index (χ2n) is 5.53. The van der Waals surface area contributed by atoms with Crippen molar-refractivity contribution in [3.63, 3.8) is 0 Å². The topological polar surface area (TPSA) is 70.6 Å². The van der Waals surface area contributed by atoms with Gasteiger partial charge in [-0.25, -0.2) is 5.43 Å². The van der Waals surface area contributed by atoms with Crippen molar-refractivity contribution in [2.45, 2.75) is 19.8 Å². The normalized spacial score (nSPS) is 11.2. The summed E-state index contributed by atoms with van der Waals surface area (Å²) in [5, 5.41) is 8.03. The van der Waals surface area contributed by atoms with E-state index in [1.165, 1.54) is 6.07 Å². The number of rotatable bonds is 6. The van der Waals surface area contributed by atoms with Crippen LogP contribution in [0.25, 0.3) is 0 Å². The third kappa shape index (κ3) is 6.67. The standard InChI is InChI=1S/C18H16Cl3N3O2/c1-11(8-17(25)22-16-7-6-14(20)10-15(16)21)23-24-18(26)9-12-2-4-13(19)5-3-12/h2-7,10H,8-9H2,1H3,(H,22,25)(H,24,26). The second-order valence-corrected chi connectivity index (χ2v) is 6.81. The number of halogens is 3. The first-order chi connectivity index (χ1) is 12.3. The van der Waals surface area contributed by atoms with Crippen LogP contribution in [-0.4, -0.2) is 17.5 Å². The minimum absolute atomic E-state index is 0.0141.